The van der Waals surface area contributed by atoms with E-state index in [-0.39, 0.29) is 6.42 Å². The minimum atomic E-state index is -0.695. The quantitative estimate of drug-likeness (QED) is 0.469. The molecule has 0 bridgehead atoms. The van der Waals surface area contributed by atoms with Crippen LogP contribution in [0, 0.1) is 11.8 Å². The highest BCUT2D eigenvalue weighted by Gasteiger charge is 2.35. The summed E-state index contributed by atoms with van der Waals surface area (Å²) in [5.41, 5.74) is 2.89. The molecule has 4 heterocycles. The van der Waals surface area contributed by atoms with E-state index in [9.17, 15) is 4.79 Å². The lowest BCUT2D eigenvalue weighted by atomic mass is 9.79. The monoisotopic (exact) mass is 491 g/mol. The van der Waals surface area contributed by atoms with Crippen molar-refractivity contribution < 1.29 is 19.4 Å². The van der Waals surface area contributed by atoms with Crippen LogP contribution in [0.2, 0.25) is 0 Å². The first-order chi connectivity index (χ1) is 17.6. The fraction of sp³-hybridized carbons (Fsp3) is 0.593. The highest BCUT2D eigenvalue weighted by atomic mass is 16.5. The summed E-state index contributed by atoms with van der Waals surface area (Å²) >= 11 is 0. The van der Waals surface area contributed by atoms with Gasteiger partial charge < -0.3 is 19.5 Å². The maximum absolute atomic E-state index is 11.0. The van der Waals surface area contributed by atoms with Crippen molar-refractivity contribution in [1.29, 1.82) is 0 Å². The first-order valence-corrected chi connectivity index (χ1v) is 13.4. The van der Waals surface area contributed by atoms with Crippen LogP contribution < -0.4 is 14.4 Å². The normalized spacial score (nSPS) is 22.6. The van der Waals surface area contributed by atoms with Gasteiger partial charge in [0.15, 0.2) is 11.7 Å². The number of ether oxygens (including phenoxy) is 2. The Kier molecular flexibility index (Phi) is 6.46. The maximum Gasteiger partial charge on any atom is 0.321 e. The molecule has 190 valence electrons. The summed E-state index contributed by atoms with van der Waals surface area (Å²) in [4.78, 5) is 31.6. The SMILES string of the molecule is O=C(O)C[C@H]1CC[C@H](c2ccc(N3CCOc4nc(OCCCCC5CC5)nc5c4C3=N5)cn2)CC1. The van der Waals surface area contributed by atoms with Crippen LogP contribution >= 0.6 is 0 Å². The number of pyridine rings is 1. The van der Waals surface area contributed by atoms with Crippen LogP contribution in [-0.4, -0.2) is 51.6 Å². The lowest BCUT2D eigenvalue weighted by molar-refractivity contribution is -0.138. The van der Waals surface area contributed by atoms with Crippen LogP contribution in [0.4, 0.5) is 11.5 Å². The van der Waals surface area contributed by atoms with Gasteiger partial charge in [-0.15, -0.1) is 0 Å². The maximum atomic E-state index is 11.0. The standard InChI is InChI=1S/C27H33N5O4/c33-22(34)15-18-6-8-19(9-7-18)21-11-10-20(16-28-21)32-12-14-35-26-23-24(29-25(23)32)30-27(31-26)36-13-2-1-3-17-4-5-17/h10-11,16-19H,1-9,12-15H2,(H,33,34)/t18-,19-. The van der Waals surface area contributed by atoms with Crippen molar-refractivity contribution in [2.75, 3.05) is 24.7 Å². The first kappa shape index (κ1) is 23.2. The molecule has 2 fully saturated rings. The fourth-order valence-corrected chi connectivity index (χ4v) is 5.56. The largest absolute Gasteiger partial charge is 0.481 e. The molecule has 0 atom stereocenters. The molecule has 0 radical (unpaired) electrons. The molecule has 2 aromatic rings. The second-order valence-electron chi connectivity index (χ2n) is 10.5. The van der Waals surface area contributed by atoms with Gasteiger partial charge in [-0.05, 0) is 62.5 Å². The molecule has 1 N–H and O–H groups in total. The molecule has 0 saturated heterocycles. The summed E-state index contributed by atoms with van der Waals surface area (Å²) < 4.78 is 11.8. The van der Waals surface area contributed by atoms with Crippen LogP contribution in [0.3, 0.4) is 0 Å². The summed E-state index contributed by atoms with van der Waals surface area (Å²) in [5, 5.41) is 9.04. The van der Waals surface area contributed by atoms with E-state index in [0.717, 1.165) is 60.8 Å². The molecule has 0 aromatic carbocycles. The Morgan fingerprint density at radius 1 is 1.08 bits per heavy atom. The average Bonchev–Trinajstić information content (AvgIpc) is 3.70. The smallest absolute Gasteiger partial charge is 0.321 e. The molecule has 0 amide bonds. The van der Waals surface area contributed by atoms with Gasteiger partial charge in [-0.25, -0.2) is 4.99 Å². The van der Waals surface area contributed by atoms with Crippen molar-refractivity contribution in [2.45, 2.75) is 70.1 Å². The number of nitrogens with zero attached hydrogens (tertiary/aromatic N) is 5. The summed E-state index contributed by atoms with van der Waals surface area (Å²) in [7, 11) is 0. The molecule has 9 nitrogen and oxygen atoms in total. The average molecular weight is 492 g/mol. The second kappa shape index (κ2) is 10.0. The van der Waals surface area contributed by atoms with Crippen LogP contribution in [0.1, 0.15) is 81.4 Å². The van der Waals surface area contributed by atoms with E-state index < -0.39 is 5.97 Å². The Bertz CT molecular complexity index is 1140. The predicted molar refractivity (Wildman–Crippen MR) is 134 cm³/mol. The topological polar surface area (TPSA) is 110 Å². The minimum absolute atomic E-state index is 0.277. The number of hydrogen-bond donors (Lipinski definition) is 1. The zero-order valence-electron chi connectivity index (χ0n) is 20.6. The van der Waals surface area contributed by atoms with Gasteiger partial charge in [-0.2, -0.15) is 9.97 Å². The van der Waals surface area contributed by atoms with E-state index in [1.54, 1.807) is 0 Å². The summed E-state index contributed by atoms with van der Waals surface area (Å²) in [6.45, 7) is 1.75. The number of amidine groups is 1. The molecule has 36 heavy (non-hydrogen) atoms. The van der Waals surface area contributed by atoms with Gasteiger partial charge in [-0.3, -0.25) is 9.78 Å². The van der Waals surface area contributed by atoms with E-state index in [0.29, 0.717) is 49.3 Å². The van der Waals surface area contributed by atoms with Crippen molar-refractivity contribution in [1.82, 2.24) is 15.0 Å². The molecular formula is C27H33N5O4. The molecule has 2 aromatic heterocycles. The Morgan fingerprint density at radius 2 is 1.92 bits per heavy atom. The number of hydrogen-bond acceptors (Lipinski definition) is 8. The van der Waals surface area contributed by atoms with Crippen molar-refractivity contribution in [3.05, 3.63) is 29.6 Å². The van der Waals surface area contributed by atoms with Crippen LogP contribution in [0.5, 0.6) is 11.9 Å². The zero-order chi connectivity index (χ0) is 24.5. The lowest BCUT2D eigenvalue weighted by Gasteiger charge is -2.29. The van der Waals surface area contributed by atoms with Crippen molar-refractivity contribution in [2.24, 2.45) is 16.8 Å². The number of rotatable bonds is 10. The van der Waals surface area contributed by atoms with E-state index in [1.807, 2.05) is 6.20 Å². The number of aromatic nitrogens is 3. The number of carboxylic acid groups (broad SMARTS) is 1. The number of unbranched alkanes of at least 4 members (excludes halogenated alkanes) is 1. The van der Waals surface area contributed by atoms with Crippen LogP contribution in [0.25, 0.3) is 0 Å². The summed E-state index contributed by atoms with van der Waals surface area (Å²) in [6, 6.07) is 4.54. The van der Waals surface area contributed by atoms with Crippen molar-refractivity contribution in [3.63, 3.8) is 0 Å². The highest BCUT2D eigenvalue weighted by Crippen LogP contribution is 2.41. The highest BCUT2D eigenvalue weighted by molar-refractivity contribution is 6.20. The molecule has 0 unspecified atom stereocenters. The van der Waals surface area contributed by atoms with Crippen molar-refractivity contribution >= 4 is 23.3 Å². The molecule has 4 aliphatic rings. The van der Waals surface area contributed by atoms with Crippen LogP contribution in [-0.2, 0) is 4.79 Å². The molecule has 2 aliphatic heterocycles. The number of aliphatic imine (C=N–C) groups is 1. The molecule has 9 heteroatoms. The van der Waals surface area contributed by atoms with Gasteiger partial charge in [0.25, 0.3) is 0 Å². The second-order valence-corrected chi connectivity index (χ2v) is 10.5. The Hall–Kier alpha value is -3.23. The number of carboxylic acids is 1. The van der Waals surface area contributed by atoms with Crippen LogP contribution in [0.15, 0.2) is 23.3 Å². The first-order valence-electron chi connectivity index (χ1n) is 13.4. The van der Waals surface area contributed by atoms with Gasteiger partial charge >= 0.3 is 12.0 Å². The fourth-order valence-electron chi connectivity index (χ4n) is 5.56. The third-order valence-electron chi connectivity index (χ3n) is 7.83. The van der Waals surface area contributed by atoms with Gasteiger partial charge in [-0.1, -0.05) is 19.3 Å². The Balaban J connectivity index is 1.08. The van der Waals surface area contributed by atoms with Gasteiger partial charge in [0.1, 0.15) is 12.2 Å². The third kappa shape index (κ3) is 5.01. The van der Waals surface area contributed by atoms with Gasteiger partial charge in [0, 0.05) is 18.0 Å². The van der Waals surface area contributed by atoms with E-state index in [4.69, 9.17) is 19.6 Å². The van der Waals surface area contributed by atoms with Gasteiger partial charge in [0.2, 0.25) is 5.88 Å². The van der Waals surface area contributed by atoms with E-state index >= 15 is 0 Å². The van der Waals surface area contributed by atoms with E-state index in [2.05, 4.69) is 32.0 Å². The Labute approximate surface area is 211 Å². The predicted octanol–water partition coefficient (Wildman–Crippen LogP) is 4.87. The van der Waals surface area contributed by atoms with Crippen molar-refractivity contribution in [3.8, 4) is 11.9 Å². The van der Waals surface area contributed by atoms with Gasteiger partial charge in [0.05, 0.1) is 25.0 Å². The lowest BCUT2D eigenvalue weighted by Crippen LogP contribution is -2.36. The number of aliphatic carboxylic acids is 1. The third-order valence-corrected chi connectivity index (χ3v) is 7.83. The molecule has 0 spiro atoms. The summed E-state index contributed by atoms with van der Waals surface area (Å²) in [5.74, 6) is 2.93. The van der Waals surface area contributed by atoms with E-state index in [1.165, 1.54) is 25.7 Å². The minimum Gasteiger partial charge on any atom is -0.481 e. The zero-order valence-corrected chi connectivity index (χ0v) is 20.6. The number of carbonyl (C=O) groups is 1. The Morgan fingerprint density at radius 3 is 2.67 bits per heavy atom. The molecular weight excluding hydrogens is 458 g/mol. The summed E-state index contributed by atoms with van der Waals surface area (Å²) in [6.07, 6.45) is 12.4. The molecule has 6 rings (SSSR count). The molecule has 2 aliphatic carbocycles. The number of anilines is 1. The molecule has 2 saturated carbocycles.